The lowest BCUT2D eigenvalue weighted by Crippen LogP contribution is -2.42. The Bertz CT molecular complexity index is 685. The number of hydrogen-bond acceptors (Lipinski definition) is 4. The second-order valence-electron chi connectivity index (χ2n) is 7.89. The van der Waals surface area contributed by atoms with Crippen LogP contribution in [0.15, 0.2) is 36.1 Å². The first-order valence-corrected chi connectivity index (χ1v) is 10.8. The van der Waals surface area contributed by atoms with Gasteiger partial charge in [-0.3, -0.25) is 4.79 Å². The Morgan fingerprint density at radius 1 is 1.24 bits per heavy atom. The van der Waals surface area contributed by atoms with Gasteiger partial charge in [0.25, 0.3) is 5.91 Å². The van der Waals surface area contributed by atoms with Gasteiger partial charge in [0, 0.05) is 31.1 Å². The molecule has 2 N–H and O–H groups in total. The highest BCUT2D eigenvalue weighted by atomic mass is 19.1. The first-order chi connectivity index (χ1) is 14.1. The zero-order chi connectivity index (χ0) is 20.6. The van der Waals surface area contributed by atoms with E-state index in [1.165, 1.54) is 18.6 Å². The number of aliphatic hydroxyl groups is 1. The van der Waals surface area contributed by atoms with Gasteiger partial charge in [-0.1, -0.05) is 31.4 Å². The molecule has 1 aliphatic heterocycles. The fraction of sp³-hybridized carbons (Fsp3) is 0.609. The molecule has 0 spiro atoms. The Labute approximate surface area is 172 Å². The number of carbonyl (C=O) groups is 1. The predicted octanol–water partition coefficient (Wildman–Crippen LogP) is 4.02. The van der Waals surface area contributed by atoms with E-state index < -0.39 is 6.29 Å². The molecule has 5 nitrogen and oxygen atoms in total. The lowest BCUT2D eigenvalue weighted by atomic mass is 9.80. The summed E-state index contributed by atoms with van der Waals surface area (Å²) in [6.45, 7) is 2.41. The average Bonchev–Trinajstić information content (AvgIpc) is 2.74. The molecule has 0 saturated heterocycles. The summed E-state index contributed by atoms with van der Waals surface area (Å²) >= 11 is 0. The summed E-state index contributed by atoms with van der Waals surface area (Å²) in [4.78, 5) is 12.9. The van der Waals surface area contributed by atoms with E-state index in [1.54, 1.807) is 12.1 Å². The number of rotatable bonds is 8. The van der Waals surface area contributed by atoms with Crippen molar-refractivity contribution in [3.8, 4) is 0 Å². The molecule has 1 fully saturated rings. The van der Waals surface area contributed by atoms with Gasteiger partial charge < -0.3 is 19.9 Å². The van der Waals surface area contributed by atoms with Crippen LogP contribution in [0.2, 0.25) is 0 Å². The molecule has 1 amide bonds. The maximum Gasteiger partial charge on any atom is 0.286 e. The van der Waals surface area contributed by atoms with E-state index in [0.717, 1.165) is 31.2 Å². The normalized spacial score (nSPS) is 25.2. The van der Waals surface area contributed by atoms with Crippen molar-refractivity contribution in [3.05, 3.63) is 47.5 Å². The minimum absolute atomic E-state index is 0.0706. The summed E-state index contributed by atoms with van der Waals surface area (Å²) in [5.41, 5.74) is 0.908. The van der Waals surface area contributed by atoms with Crippen molar-refractivity contribution in [2.24, 2.45) is 5.92 Å². The summed E-state index contributed by atoms with van der Waals surface area (Å²) in [5.74, 6) is -0.468. The second-order valence-corrected chi connectivity index (χ2v) is 7.89. The van der Waals surface area contributed by atoms with Crippen molar-refractivity contribution >= 4 is 5.91 Å². The lowest BCUT2D eigenvalue weighted by Gasteiger charge is -2.37. The number of allylic oxidation sites excluding steroid dienone is 1. The molecule has 3 atom stereocenters. The van der Waals surface area contributed by atoms with E-state index in [2.05, 4.69) is 5.32 Å². The van der Waals surface area contributed by atoms with Crippen LogP contribution in [-0.4, -0.2) is 36.6 Å². The third kappa shape index (κ3) is 5.80. The van der Waals surface area contributed by atoms with Crippen LogP contribution in [0.1, 0.15) is 63.4 Å². The van der Waals surface area contributed by atoms with Crippen molar-refractivity contribution < 1.29 is 23.8 Å². The van der Waals surface area contributed by atoms with Crippen molar-refractivity contribution in [3.63, 3.8) is 0 Å². The molecule has 29 heavy (non-hydrogen) atoms. The zero-order valence-corrected chi connectivity index (χ0v) is 17.1. The number of aliphatic hydroxyl groups excluding tert-OH is 1. The standard InChI is InChI=1S/C23H32FNO4/c1-2-28-23-19(9-6-14-26)20(16-10-12-17(24)13-11-16)15-21(29-23)22(27)25-18-7-4-3-5-8-18/h10-13,15,18-20,23,26H,2-9,14H2,1H3,(H,25,27)/t19-,20+,23+/m1/s1. The van der Waals surface area contributed by atoms with Gasteiger partial charge in [0.2, 0.25) is 6.29 Å². The van der Waals surface area contributed by atoms with Crippen LogP contribution in [0.3, 0.4) is 0 Å². The van der Waals surface area contributed by atoms with Crippen LogP contribution in [0.5, 0.6) is 0 Å². The molecule has 0 radical (unpaired) electrons. The molecule has 1 aliphatic carbocycles. The number of ether oxygens (including phenoxy) is 2. The molecule has 2 aliphatic rings. The van der Waals surface area contributed by atoms with Crippen LogP contribution < -0.4 is 5.32 Å². The van der Waals surface area contributed by atoms with Crippen molar-refractivity contribution in [1.82, 2.24) is 5.32 Å². The summed E-state index contributed by atoms with van der Waals surface area (Å²) in [6.07, 6.45) is 8.01. The quantitative estimate of drug-likeness (QED) is 0.685. The summed E-state index contributed by atoms with van der Waals surface area (Å²) in [7, 11) is 0. The van der Waals surface area contributed by atoms with Gasteiger partial charge in [-0.15, -0.1) is 0 Å². The first kappa shape index (κ1) is 21.8. The van der Waals surface area contributed by atoms with Gasteiger partial charge in [0.15, 0.2) is 5.76 Å². The molecular weight excluding hydrogens is 373 g/mol. The summed E-state index contributed by atoms with van der Waals surface area (Å²) in [6, 6.07) is 6.53. The number of carbonyl (C=O) groups excluding carboxylic acids is 1. The van der Waals surface area contributed by atoms with E-state index in [-0.39, 0.29) is 42.0 Å². The molecule has 1 aromatic carbocycles. The van der Waals surface area contributed by atoms with Crippen molar-refractivity contribution in [1.29, 1.82) is 0 Å². The smallest absolute Gasteiger partial charge is 0.286 e. The lowest BCUT2D eigenvalue weighted by molar-refractivity contribution is -0.166. The highest BCUT2D eigenvalue weighted by molar-refractivity contribution is 5.92. The topological polar surface area (TPSA) is 67.8 Å². The Morgan fingerprint density at radius 3 is 2.62 bits per heavy atom. The maximum absolute atomic E-state index is 13.5. The highest BCUT2D eigenvalue weighted by Gasteiger charge is 2.38. The maximum atomic E-state index is 13.5. The van der Waals surface area contributed by atoms with Gasteiger partial charge in [-0.25, -0.2) is 4.39 Å². The van der Waals surface area contributed by atoms with Crippen molar-refractivity contribution in [2.45, 2.75) is 70.1 Å². The van der Waals surface area contributed by atoms with E-state index >= 15 is 0 Å². The minimum atomic E-state index is -0.585. The van der Waals surface area contributed by atoms with Crippen LogP contribution in [0.4, 0.5) is 4.39 Å². The van der Waals surface area contributed by atoms with Crippen LogP contribution >= 0.6 is 0 Å². The van der Waals surface area contributed by atoms with Gasteiger partial charge >= 0.3 is 0 Å². The molecule has 160 valence electrons. The monoisotopic (exact) mass is 405 g/mol. The molecule has 3 rings (SSSR count). The van der Waals surface area contributed by atoms with Crippen molar-refractivity contribution in [2.75, 3.05) is 13.2 Å². The summed E-state index contributed by atoms with van der Waals surface area (Å²) < 4.78 is 25.3. The molecule has 0 unspecified atom stereocenters. The van der Waals surface area contributed by atoms with Crippen LogP contribution in [0.25, 0.3) is 0 Å². The van der Waals surface area contributed by atoms with Gasteiger partial charge in [0.1, 0.15) is 5.82 Å². The number of halogens is 1. The summed E-state index contributed by atoms with van der Waals surface area (Å²) in [5, 5.41) is 12.4. The van der Waals surface area contributed by atoms with Gasteiger partial charge in [-0.05, 0) is 56.4 Å². The number of amides is 1. The molecular formula is C23H32FNO4. The molecule has 0 aromatic heterocycles. The molecule has 1 aromatic rings. The second kappa shape index (κ2) is 10.7. The fourth-order valence-corrected chi connectivity index (χ4v) is 4.33. The Balaban J connectivity index is 1.86. The number of hydrogen-bond donors (Lipinski definition) is 2. The van der Waals surface area contributed by atoms with Gasteiger partial charge in [-0.2, -0.15) is 0 Å². The number of benzene rings is 1. The molecule has 1 heterocycles. The first-order valence-electron chi connectivity index (χ1n) is 10.8. The largest absolute Gasteiger partial charge is 0.459 e. The van der Waals surface area contributed by atoms with E-state index in [0.29, 0.717) is 19.4 Å². The third-order valence-corrected chi connectivity index (χ3v) is 5.83. The average molecular weight is 406 g/mol. The highest BCUT2D eigenvalue weighted by Crippen LogP contribution is 2.39. The SMILES string of the molecule is CCO[C@H]1OC(C(=O)NC2CCCCC2)=C[C@@H](c2ccc(F)cc2)[C@H]1CCCO. The zero-order valence-electron chi connectivity index (χ0n) is 17.1. The van der Waals surface area contributed by atoms with Crippen LogP contribution in [0, 0.1) is 11.7 Å². The predicted molar refractivity (Wildman–Crippen MR) is 109 cm³/mol. The molecule has 1 saturated carbocycles. The third-order valence-electron chi connectivity index (χ3n) is 5.83. The minimum Gasteiger partial charge on any atom is -0.459 e. The Hall–Kier alpha value is -1.92. The van der Waals surface area contributed by atoms with Crippen LogP contribution in [-0.2, 0) is 14.3 Å². The Kier molecular flexibility index (Phi) is 8.07. The van der Waals surface area contributed by atoms with E-state index in [4.69, 9.17) is 9.47 Å². The molecule has 0 bridgehead atoms. The van der Waals surface area contributed by atoms with E-state index in [1.807, 2.05) is 13.0 Å². The number of nitrogens with one attached hydrogen (secondary N) is 1. The fourth-order valence-electron chi connectivity index (χ4n) is 4.33. The Morgan fingerprint density at radius 2 is 1.97 bits per heavy atom. The van der Waals surface area contributed by atoms with Gasteiger partial charge in [0.05, 0.1) is 0 Å². The van der Waals surface area contributed by atoms with E-state index in [9.17, 15) is 14.3 Å². The molecule has 6 heteroatoms.